The van der Waals surface area contributed by atoms with Gasteiger partial charge in [0.15, 0.2) is 0 Å². The normalized spacial score (nSPS) is 23.3. The minimum atomic E-state index is 0.162. The first-order valence-electron chi connectivity index (χ1n) is 4.98. The third kappa shape index (κ3) is 1.30. The molecule has 0 saturated carbocycles. The highest BCUT2D eigenvalue weighted by Gasteiger charge is 2.34. The van der Waals surface area contributed by atoms with Gasteiger partial charge in [-0.25, -0.2) is 0 Å². The van der Waals surface area contributed by atoms with Crippen molar-refractivity contribution in [2.24, 2.45) is 5.73 Å². The molecule has 1 aromatic carbocycles. The number of ether oxygens (including phenoxy) is 1. The van der Waals surface area contributed by atoms with E-state index in [-0.39, 0.29) is 11.5 Å². The Morgan fingerprint density at radius 2 is 2.14 bits per heavy atom. The van der Waals surface area contributed by atoms with Gasteiger partial charge in [0.25, 0.3) is 0 Å². The van der Waals surface area contributed by atoms with E-state index in [2.05, 4.69) is 26.0 Å². The molecule has 2 heteroatoms. The molecule has 2 nitrogen and oxygen atoms in total. The van der Waals surface area contributed by atoms with Crippen LogP contribution in [0.1, 0.15) is 37.4 Å². The largest absolute Gasteiger partial charge is 0.497 e. The summed E-state index contributed by atoms with van der Waals surface area (Å²) in [6.07, 6.45) is 1.02. The molecule has 0 radical (unpaired) electrons. The van der Waals surface area contributed by atoms with Crippen LogP contribution in [0.3, 0.4) is 0 Å². The molecule has 1 aromatic rings. The van der Waals surface area contributed by atoms with Gasteiger partial charge >= 0.3 is 0 Å². The second kappa shape index (κ2) is 2.99. The molecule has 2 N–H and O–H groups in total. The standard InChI is InChI=1S/C12H17NO/c1-12(2)7-11(13)9-6-8(14-3)4-5-10(9)12/h4-6,11H,7,13H2,1-3H3/t11-/m1/s1. The summed E-state index contributed by atoms with van der Waals surface area (Å²) in [5.74, 6) is 0.900. The van der Waals surface area contributed by atoms with Gasteiger partial charge in [-0.15, -0.1) is 0 Å². The summed E-state index contributed by atoms with van der Waals surface area (Å²) in [7, 11) is 1.69. The molecule has 14 heavy (non-hydrogen) atoms. The van der Waals surface area contributed by atoms with Gasteiger partial charge < -0.3 is 10.5 Å². The molecule has 1 aliphatic carbocycles. The van der Waals surface area contributed by atoms with Gasteiger partial charge in [0.05, 0.1) is 7.11 Å². The van der Waals surface area contributed by atoms with E-state index in [9.17, 15) is 0 Å². The number of hydrogen-bond donors (Lipinski definition) is 1. The lowest BCUT2D eigenvalue weighted by atomic mass is 9.86. The highest BCUT2D eigenvalue weighted by Crippen LogP contribution is 2.44. The second-order valence-electron chi connectivity index (χ2n) is 4.65. The molecule has 1 aliphatic rings. The number of fused-ring (bicyclic) bond motifs is 1. The summed E-state index contributed by atoms with van der Waals surface area (Å²) >= 11 is 0. The maximum Gasteiger partial charge on any atom is 0.119 e. The van der Waals surface area contributed by atoms with Crippen molar-refractivity contribution in [1.29, 1.82) is 0 Å². The SMILES string of the molecule is COc1ccc2c(c1)[C@H](N)CC2(C)C. The van der Waals surface area contributed by atoms with Crippen LogP contribution in [0, 0.1) is 0 Å². The molecule has 0 saturated heterocycles. The molecule has 0 aromatic heterocycles. The third-order valence-corrected chi connectivity index (χ3v) is 3.12. The molecule has 1 atom stereocenters. The summed E-state index contributed by atoms with van der Waals surface area (Å²) in [6, 6.07) is 6.38. The smallest absolute Gasteiger partial charge is 0.119 e. The number of nitrogens with two attached hydrogens (primary N) is 1. The van der Waals surface area contributed by atoms with Crippen molar-refractivity contribution in [3.63, 3.8) is 0 Å². The van der Waals surface area contributed by atoms with E-state index in [1.165, 1.54) is 11.1 Å². The van der Waals surface area contributed by atoms with E-state index in [0.29, 0.717) is 0 Å². The fourth-order valence-electron chi connectivity index (χ4n) is 2.36. The van der Waals surface area contributed by atoms with E-state index in [4.69, 9.17) is 10.5 Å². The summed E-state index contributed by atoms with van der Waals surface area (Å²) < 4.78 is 5.20. The van der Waals surface area contributed by atoms with Crippen molar-refractivity contribution in [1.82, 2.24) is 0 Å². The van der Waals surface area contributed by atoms with Crippen molar-refractivity contribution >= 4 is 0 Å². The van der Waals surface area contributed by atoms with Crippen molar-refractivity contribution in [2.75, 3.05) is 7.11 Å². The van der Waals surface area contributed by atoms with E-state index in [0.717, 1.165) is 12.2 Å². The fraction of sp³-hybridized carbons (Fsp3) is 0.500. The summed E-state index contributed by atoms with van der Waals surface area (Å²) in [5, 5.41) is 0. The van der Waals surface area contributed by atoms with E-state index >= 15 is 0 Å². The molecule has 0 bridgehead atoms. The molecule has 76 valence electrons. The molecule has 0 aliphatic heterocycles. The lowest BCUT2D eigenvalue weighted by molar-refractivity contribution is 0.414. The predicted octanol–water partition coefficient (Wildman–Crippen LogP) is 2.38. The third-order valence-electron chi connectivity index (χ3n) is 3.12. The zero-order valence-electron chi connectivity index (χ0n) is 9.00. The zero-order valence-corrected chi connectivity index (χ0v) is 9.00. The predicted molar refractivity (Wildman–Crippen MR) is 57.6 cm³/mol. The summed E-state index contributed by atoms with van der Waals surface area (Å²) in [6.45, 7) is 4.48. The number of hydrogen-bond acceptors (Lipinski definition) is 2. The van der Waals surface area contributed by atoms with Crippen molar-refractivity contribution in [2.45, 2.75) is 31.7 Å². The maximum absolute atomic E-state index is 6.09. The summed E-state index contributed by atoms with van der Waals surface area (Å²) in [4.78, 5) is 0. The Hall–Kier alpha value is -1.02. The van der Waals surface area contributed by atoms with Crippen LogP contribution in [0.5, 0.6) is 5.75 Å². The second-order valence-corrected chi connectivity index (χ2v) is 4.65. The van der Waals surface area contributed by atoms with E-state index in [1.54, 1.807) is 7.11 Å². The van der Waals surface area contributed by atoms with E-state index in [1.807, 2.05) is 6.07 Å². The first-order chi connectivity index (χ1) is 6.54. The lowest BCUT2D eigenvalue weighted by Crippen LogP contribution is -2.14. The van der Waals surface area contributed by atoms with Crippen LogP contribution >= 0.6 is 0 Å². The van der Waals surface area contributed by atoms with Crippen molar-refractivity contribution in [3.8, 4) is 5.75 Å². The Kier molecular flexibility index (Phi) is 2.04. The zero-order chi connectivity index (χ0) is 10.3. The summed E-state index contributed by atoms with van der Waals surface area (Å²) in [5.41, 5.74) is 8.91. The average molecular weight is 191 g/mol. The Morgan fingerprint density at radius 1 is 1.43 bits per heavy atom. The fourth-order valence-corrected chi connectivity index (χ4v) is 2.36. The number of benzene rings is 1. The van der Waals surface area contributed by atoms with Gasteiger partial charge in [-0.05, 0) is 35.1 Å². The van der Waals surface area contributed by atoms with Gasteiger partial charge in [0, 0.05) is 6.04 Å². The molecule has 0 amide bonds. The minimum Gasteiger partial charge on any atom is -0.497 e. The van der Waals surface area contributed by atoms with Crippen LogP contribution in [-0.4, -0.2) is 7.11 Å². The van der Waals surface area contributed by atoms with Gasteiger partial charge in [-0.2, -0.15) is 0 Å². The Bertz CT molecular complexity index is 357. The lowest BCUT2D eigenvalue weighted by Gasteiger charge is -2.18. The molecular weight excluding hydrogens is 174 g/mol. The van der Waals surface area contributed by atoms with Crippen LogP contribution in [0.2, 0.25) is 0 Å². The van der Waals surface area contributed by atoms with Crippen molar-refractivity contribution in [3.05, 3.63) is 29.3 Å². The van der Waals surface area contributed by atoms with Gasteiger partial charge in [-0.3, -0.25) is 0 Å². The first kappa shape index (κ1) is 9.53. The van der Waals surface area contributed by atoms with Crippen LogP contribution < -0.4 is 10.5 Å². The molecule has 0 unspecified atom stereocenters. The Morgan fingerprint density at radius 3 is 2.79 bits per heavy atom. The maximum atomic E-state index is 6.09. The number of rotatable bonds is 1. The quantitative estimate of drug-likeness (QED) is 0.739. The highest BCUT2D eigenvalue weighted by atomic mass is 16.5. The van der Waals surface area contributed by atoms with Crippen LogP contribution in [0.4, 0.5) is 0 Å². The molecule has 0 spiro atoms. The Labute approximate surface area is 85.1 Å². The van der Waals surface area contributed by atoms with E-state index < -0.39 is 0 Å². The van der Waals surface area contributed by atoms with Crippen molar-refractivity contribution < 1.29 is 4.74 Å². The van der Waals surface area contributed by atoms with Gasteiger partial charge in [-0.1, -0.05) is 19.9 Å². The minimum absolute atomic E-state index is 0.162. The average Bonchev–Trinajstić information content (AvgIpc) is 2.37. The molecule has 0 heterocycles. The Balaban J connectivity index is 2.52. The molecule has 0 fully saturated rings. The first-order valence-corrected chi connectivity index (χ1v) is 4.98. The number of methoxy groups -OCH3 is 1. The highest BCUT2D eigenvalue weighted by molar-refractivity contribution is 5.45. The van der Waals surface area contributed by atoms with Crippen LogP contribution in [0.25, 0.3) is 0 Å². The van der Waals surface area contributed by atoms with Crippen LogP contribution in [-0.2, 0) is 5.41 Å². The topological polar surface area (TPSA) is 35.2 Å². The molecule has 2 rings (SSSR count). The van der Waals surface area contributed by atoms with Crippen LogP contribution in [0.15, 0.2) is 18.2 Å². The van der Waals surface area contributed by atoms with Gasteiger partial charge in [0.2, 0.25) is 0 Å². The molecular formula is C12H17NO. The monoisotopic (exact) mass is 191 g/mol. The van der Waals surface area contributed by atoms with Gasteiger partial charge in [0.1, 0.15) is 5.75 Å².